The Morgan fingerprint density at radius 2 is 2.19 bits per heavy atom. The van der Waals surface area contributed by atoms with Crippen LogP contribution in [-0.2, 0) is 0 Å². The number of nitrogens with zero attached hydrogens (tertiary/aromatic N) is 1. The van der Waals surface area contributed by atoms with E-state index in [1.165, 1.54) is 4.46 Å². The Hall–Kier alpha value is -0.831. The monoisotopic (exact) mass is 284 g/mol. The molecule has 0 saturated heterocycles. The minimum atomic E-state index is 0.355. The zero-order valence-electron chi connectivity index (χ0n) is 9.47. The van der Waals surface area contributed by atoms with Crippen molar-refractivity contribution < 1.29 is 5.21 Å². The van der Waals surface area contributed by atoms with E-state index >= 15 is 0 Å². The van der Waals surface area contributed by atoms with Gasteiger partial charge in [-0.15, -0.1) is 0 Å². The van der Waals surface area contributed by atoms with Crippen molar-refractivity contribution in [1.29, 1.82) is 0 Å². The summed E-state index contributed by atoms with van der Waals surface area (Å²) in [5.41, 5.74) is 3.27. The summed E-state index contributed by atoms with van der Waals surface area (Å²) in [5.74, 6) is 1.35. The van der Waals surface area contributed by atoms with Gasteiger partial charge in [0, 0.05) is 0 Å². The van der Waals surface area contributed by atoms with Gasteiger partial charge in [0.2, 0.25) is 0 Å². The van der Waals surface area contributed by atoms with Gasteiger partial charge >= 0.3 is 102 Å². The second kappa shape index (κ2) is 5.00. The van der Waals surface area contributed by atoms with Gasteiger partial charge < -0.3 is 0 Å². The number of hydroxylamine groups is 1. The van der Waals surface area contributed by atoms with Gasteiger partial charge in [-0.25, -0.2) is 0 Å². The van der Waals surface area contributed by atoms with Crippen LogP contribution in [0.5, 0.6) is 0 Å². The third-order valence-electron chi connectivity index (χ3n) is 2.48. The predicted octanol–water partition coefficient (Wildman–Crippen LogP) is 1.87. The molecule has 0 aliphatic carbocycles. The van der Waals surface area contributed by atoms with E-state index in [4.69, 9.17) is 5.21 Å². The van der Waals surface area contributed by atoms with Crippen LogP contribution in [0.2, 0.25) is 4.82 Å². The van der Waals surface area contributed by atoms with Crippen LogP contribution in [0.3, 0.4) is 0 Å². The number of nitrogens with one attached hydrogen (secondary N) is 1. The molecule has 3 nitrogen and oxygen atoms in total. The molecule has 86 valence electrons. The molecule has 16 heavy (non-hydrogen) atoms. The third-order valence-corrected chi connectivity index (χ3v) is 5.21. The SMILES string of the molecule is CC(C)CC1[Se]c2ccccc2N=C1NO. The fraction of sp³-hybridized carbons (Fsp3) is 0.417. The van der Waals surface area contributed by atoms with Gasteiger partial charge in [0.05, 0.1) is 0 Å². The van der Waals surface area contributed by atoms with Crippen molar-refractivity contribution in [3.05, 3.63) is 24.3 Å². The molecule has 2 N–H and O–H groups in total. The summed E-state index contributed by atoms with van der Waals surface area (Å²) in [6.07, 6.45) is 1.07. The van der Waals surface area contributed by atoms with E-state index in [1.807, 2.05) is 12.1 Å². The van der Waals surface area contributed by atoms with Crippen LogP contribution in [0.1, 0.15) is 20.3 Å². The van der Waals surface area contributed by atoms with Crippen molar-refractivity contribution >= 4 is 30.9 Å². The maximum atomic E-state index is 9.13. The Labute approximate surface area is 102 Å². The molecule has 1 aromatic rings. The van der Waals surface area contributed by atoms with Crippen LogP contribution in [0.4, 0.5) is 5.69 Å². The molecule has 1 atom stereocenters. The van der Waals surface area contributed by atoms with Crippen molar-refractivity contribution in [1.82, 2.24) is 5.48 Å². The summed E-state index contributed by atoms with van der Waals surface area (Å²) in [4.78, 5) is 4.84. The first-order valence-corrected chi connectivity index (χ1v) is 7.29. The molecular weight excluding hydrogens is 267 g/mol. The number of para-hydroxylation sites is 1. The first-order valence-electron chi connectivity index (χ1n) is 5.45. The maximum absolute atomic E-state index is 9.13. The molecule has 1 heterocycles. The van der Waals surface area contributed by atoms with Crippen molar-refractivity contribution in [3.63, 3.8) is 0 Å². The molecule has 1 aliphatic rings. The molecule has 0 saturated carbocycles. The Balaban J connectivity index is 2.27. The Kier molecular flexibility index (Phi) is 3.64. The molecule has 4 heteroatoms. The summed E-state index contributed by atoms with van der Waals surface area (Å²) in [7, 11) is 0. The van der Waals surface area contributed by atoms with Gasteiger partial charge in [-0.1, -0.05) is 0 Å². The Morgan fingerprint density at radius 3 is 2.88 bits per heavy atom. The van der Waals surface area contributed by atoms with Crippen LogP contribution >= 0.6 is 0 Å². The topological polar surface area (TPSA) is 44.6 Å². The van der Waals surface area contributed by atoms with Crippen LogP contribution in [0.25, 0.3) is 0 Å². The molecule has 1 unspecified atom stereocenters. The zero-order valence-corrected chi connectivity index (χ0v) is 11.2. The van der Waals surface area contributed by atoms with Gasteiger partial charge in [-0.05, 0) is 0 Å². The third kappa shape index (κ3) is 2.46. The number of aliphatic imine (C=N–C) groups is 1. The zero-order chi connectivity index (χ0) is 11.5. The first-order chi connectivity index (χ1) is 7.70. The van der Waals surface area contributed by atoms with E-state index in [-0.39, 0.29) is 0 Å². The average molecular weight is 283 g/mol. The van der Waals surface area contributed by atoms with Gasteiger partial charge in [0.1, 0.15) is 0 Å². The summed E-state index contributed by atoms with van der Waals surface area (Å²) in [6, 6.07) is 8.18. The number of hydrogen-bond acceptors (Lipinski definition) is 3. The van der Waals surface area contributed by atoms with E-state index in [0.717, 1.165) is 17.9 Å². The Morgan fingerprint density at radius 1 is 1.44 bits per heavy atom. The fourth-order valence-electron chi connectivity index (χ4n) is 1.74. The van der Waals surface area contributed by atoms with Crippen LogP contribution < -0.4 is 9.94 Å². The second-order valence-corrected chi connectivity index (χ2v) is 6.92. The van der Waals surface area contributed by atoms with Gasteiger partial charge in [-0.2, -0.15) is 0 Å². The molecular formula is C12H16N2OSe. The van der Waals surface area contributed by atoms with Gasteiger partial charge in [0.25, 0.3) is 0 Å². The Bertz CT molecular complexity index is 404. The van der Waals surface area contributed by atoms with Crippen LogP contribution in [0, 0.1) is 5.92 Å². The molecule has 2 rings (SSSR count). The van der Waals surface area contributed by atoms with Gasteiger partial charge in [-0.3, -0.25) is 0 Å². The number of hydrogen-bond donors (Lipinski definition) is 2. The minimum absolute atomic E-state index is 0.355. The molecule has 0 radical (unpaired) electrons. The molecule has 1 aromatic carbocycles. The predicted molar refractivity (Wildman–Crippen MR) is 67.1 cm³/mol. The molecule has 0 aromatic heterocycles. The van der Waals surface area contributed by atoms with Gasteiger partial charge in [0.15, 0.2) is 0 Å². The average Bonchev–Trinajstić information content (AvgIpc) is 2.27. The van der Waals surface area contributed by atoms with Crippen molar-refractivity contribution in [2.24, 2.45) is 10.9 Å². The molecule has 1 aliphatic heterocycles. The summed E-state index contributed by atoms with van der Waals surface area (Å²) >= 11 is 0.355. The quantitative estimate of drug-likeness (QED) is 0.643. The van der Waals surface area contributed by atoms with E-state index in [1.54, 1.807) is 0 Å². The van der Waals surface area contributed by atoms with Crippen LogP contribution in [-0.4, -0.2) is 26.0 Å². The van der Waals surface area contributed by atoms with E-state index < -0.39 is 0 Å². The van der Waals surface area contributed by atoms with E-state index in [9.17, 15) is 0 Å². The van der Waals surface area contributed by atoms with Crippen molar-refractivity contribution in [3.8, 4) is 0 Å². The summed E-state index contributed by atoms with van der Waals surface area (Å²) in [6.45, 7) is 4.40. The summed E-state index contributed by atoms with van der Waals surface area (Å²) in [5, 5.41) is 9.13. The molecule has 0 amide bonds. The molecule has 0 bridgehead atoms. The standard InChI is InChI=1S/C12H16N2OSe/c1-8(2)7-11-12(14-15)13-9-5-3-4-6-10(9)16-11/h3-6,8,11,15H,7H2,1-2H3,(H,13,14). The normalized spacial score (nSPS) is 19.2. The first kappa shape index (κ1) is 11.6. The van der Waals surface area contributed by atoms with Crippen molar-refractivity contribution in [2.75, 3.05) is 0 Å². The second-order valence-electron chi connectivity index (χ2n) is 4.31. The van der Waals surface area contributed by atoms with Crippen LogP contribution in [0.15, 0.2) is 29.3 Å². The summed E-state index contributed by atoms with van der Waals surface area (Å²) < 4.78 is 1.33. The number of amidine groups is 1. The van der Waals surface area contributed by atoms with Crippen molar-refractivity contribution in [2.45, 2.75) is 25.1 Å². The number of benzene rings is 1. The fourth-order valence-corrected chi connectivity index (χ4v) is 4.67. The number of fused-ring (bicyclic) bond motifs is 1. The molecule has 0 fully saturated rings. The van der Waals surface area contributed by atoms with E-state index in [0.29, 0.717) is 25.7 Å². The number of rotatable bonds is 2. The van der Waals surface area contributed by atoms with E-state index in [2.05, 4.69) is 36.5 Å². The molecule has 0 spiro atoms.